The van der Waals surface area contributed by atoms with Gasteiger partial charge in [0.05, 0.1) is 13.2 Å². The highest BCUT2D eigenvalue weighted by molar-refractivity contribution is 7.09. The van der Waals surface area contributed by atoms with Gasteiger partial charge in [-0.2, -0.15) is 0 Å². The molecule has 0 spiro atoms. The number of rotatable bonds is 5. The van der Waals surface area contributed by atoms with Gasteiger partial charge in [0, 0.05) is 11.8 Å². The van der Waals surface area contributed by atoms with Crippen molar-refractivity contribution in [3.8, 4) is 5.75 Å². The van der Waals surface area contributed by atoms with Crippen LogP contribution in [0.25, 0.3) is 0 Å². The third kappa shape index (κ3) is 3.68. The molecule has 1 atom stereocenters. The molecule has 1 aromatic heterocycles. The van der Waals surface area contributed by atoms with Crippen molar-refractivity contribution in [2.24, 2.45) is 0 Å². The Morgan fingerprint density at radius 2 is 2.22 bits per heavy atom. The van der Waals surface area contributed by atoms with Crippen LogP contribution in [0.4, 0.5) is 0 Å². The van der Waals surface area contributed by atoms with E-state index in [2.05, 4.69) is 10.3 Å². The van der Waals surface area contributed by atoms with Crippen LogP contribution in [0.5, 0.6) is 5.75 Å². The van der Waals surface area contributed by atoms with Crippen LogP contribution in [-0.4, -0.2) is 28.6 Å². The van der Waals surface area contributed by atoms with E-state index in [9.17, 15) is 9.59 Å². The monoisotopic (exact) mass is 332 g/mol. The number of ether oxygens (including phenoxy) is 1. The van der Waals surface area contributed by atoms with Crippen molar-refractivity contribution < 1.29 is 19.4 Å². The molecular weight excluding hydrogens is 316 g/mol. The Hall–Kier alpha value is -2.41. The lowest BCUT2D eigenvalue weighted by molar-refractivity contribution is -0.121. The summed E-state index contributed by atoms with van der Waals surface area (Å²) in [5.41, 5.74) is 1.08. The standard InChI is InChI=1S/C16H16N2O4S/c19-14(17-8-15-18-12(9-23-15)16(20)21)7-10-5-6-22-13-4-2-1-3-11(10)13/h1-4,9-10H,5-8H2,(H,17,19)(H,20,21)/t10-/m1/s1. The number of nitrogens with one attached hydrogen (secondary N) is 1. The van der Waals surface area contributed by atoms with E-state index in [1.54, 1.807) is 0 Å². The number of hydrogen-bond acceptors (Lipinski definition) is 5. The lowest BCUT2D eigenvalue weighted by Gasteiger charge is -2.25. The molecule has 1 amide bonds. The molecule has 6 nitrogen and oxygen atoms in total. The summed E-state index contributed by atoms with van der Waals surface area (Å²) in [5, 5.41) is 13.7. The van der Waals surface area contributed by atoms with Gasteiger partial charge >= 0.3 is 5.97 Å². The predicted molar refractivity (Wildman–Crippen MR) is 84.8 cm³/mol. The van der Waals surface area contributed by atoms with Crippen LogP contribution in [0.15, 0.2) is 29.6 Å². The largest absolute Gasteiger partial charge is 0.493 e. The topological polar surface area (TPSA) is 88.5 Å². The second-order valence-electron chi connectivity index (χ2n) is 5.28. The van der Waals surface area contributed by atoms with E-state index in [-0.39, 0.29) is 24.1 Å². The predicted octanol–water partition coefficient (Wildman–Crippen LogP) is 2.41. The smallest absolute Gasteiger partial charge is 0.355 e. The van der Waals surface area contributed by atoms with Gasteiger partial charge in [-0.05, 0) is 24.0 Å². The van der Waals surface area contributed by atoms with Crippen LogP contribution >= 0.6 is 11.3 Å². The molecule has 7 heteroatoms. The van der Waals surface area contributed by atoms with Gasteiger partial charge in [0.25, 0.3) is 0 Å². The fourth-order valence-electron chi connectivity index (χ4n) is 2.59. The third-order valence-corrected chi connectivity index (χ3v) is 4.57. The van der Waals surface area contributed by atoms with E-state index < -0.39 is 5.97 Å². The first-order valence-electron chi connectivity index (χ1n) is 7.29. The van der Waals surface area contributed by atoms with Gasteiger partial charge < -0.3 is 15.2 Å². The van der Waals surface area contributed by atoms with Crippen molar-refractivity contribution in [2.75, 3.05) is 6.61 Å². The summed E-state index contributed by atoms with van der Waals surface area (Å²) in [6, 6.07) is 7.78. The molecule has 0 saturated carbocycles. The fraction of sp³-hybridized carbons (Fsp3) is 0.312. The van der Waals surface area contributed by atoms with Gasteiger partial charge in [0.15, 0.2) is 5.69 Å². The number of nitrogens with zero attached hydrogens (tertiary/aromatic N) is 1. The summed E-state index contributed by atoms with van der Waals surface area (Å²) in [4.78, 5) is 26.9. The molecule has 0 saturated heterocycles. The summed E-state index contributed by atoms with van der Waals surface area (Å²) in [6.45, 7) is 0.866. The van der Waals surface area contributed by atoms with E-state index in [4.69, 9.17) is 9.84 Å². The SMILES string of the molecule is O=C(C[C@H]1CCOc2ccccc21)NCc1nc(C(=O)O)cs1. The van der Waals surface area contributed by atoms with Crippen LogP contribution in [0.1, 0.15) is 39.8 Å². The zero-order valence-corrected chi connectivity index (χ0v) is 13.1. The minimum Gasteiger partial charge on any atom is -0.493 e. The Morgan fingerprint density at radius 1 is 1.39 bits per heavy atom. The number of hydrogen-bond donors (Lipinski definition) is 2. The second kappa shape index (κ2) is 6.78. The number of para-hydroxylation sites is 1. The zero-order valence-electron chi connectivity index (χ0n) is 12.3. The highest BCUT2D eigenvalue weighted by atomic mass is 32.1. The average Bonchev–Trinajstić information content (AvgIpc) is 3.03. The number of aromatic carboxylic acids is 1. The van der Waals surface area contributed by atoms with Crippen molar-refractivity contribution in [1.82, 2.24) is 10.3 Å². The van der Waals surface area contributed by atoms with Crippen molar-refractivity contribution in [2.45, 2.75) is 25.3 Å². The molecule has 0 radical (unpaired) electrons. The molecule has 23 heavy (non-hydrogen) atoms. The van der Waals surface area contributed by atoms with Gasteiger partial charge in [0.1, 0.15) is 10.8 Å². The Morgan fingerprint density at radius 3 is 3.00 bits per heavy atom. The van der Waals surface area contributed by atoms with E-state index in [0.29, 0.717) is 18.0 Å². The van der Waals surface area contributed by atoms with Crippen LogP contribution in [0.2, 0.25) is 0 Å². The maximum absolute atomic E-state index is 12.1. The fourth-order valence-corrected chi connectivity index (χ4v) is 3.30. The molecule has 1 aromatic carbocycles. The van der Waals surface area contributed by atoms with Gasteiger partial charge in [-0.25, -0.2) is 9.78 Å². The lowest BCUT2D eigenvalue weighted by Crippen LogP contribution is -2.26. The maximum Gasteiger partial charge on any atom is 0.355 e. The summed E-state index contributed by atoms with van der Waals surface area (Å²) in [7, 11) is 0. The quantitative estimate of drug-likeness (QED) is 0.878. The summed E-state index contributed by atoms with van der Waals surface area (Å²) in [5.74, 6) is -0.134. The number of thiazole rings is 1. The number of carbonyl (C=O) groups is 2. The van der Waals surface area contributed by atoms with E-state index >= 15 is 0 Å². The number of amides is 1. The first kappa shape index (κ1) is 15.5. The molecule has 0 bridgehead atoms. The molecular formula is C16H16N2O4S. The lowest BCUT2D eigenvalue weighted by atomic mass is 9.90. The number of benzene rings is 1. The summed E-state index contributed by atoms with van der Waals surface area (Å²) in [6.07, 6.45) is 1.20. The number of carbonyl (C=O) groups excluding carboxylic acids is 1. The van der Waals surface area contributed by atoms with Gasteiger partial charge in [-0.15, -0.1) is 11.3 Å². The molecule has 1 aliphatic heterocycles. The van der Waals surface area contributed by atoms with Crippen molar-refractivity contribution in [3.63, 3.8) is 0 Å². The van der Waals surface area contributed by atoms with Gasteiger partial charge in [-0.3, -0.25) is 4.79 Å². The Bertz CT molecular complexity index is 728. The molecule has 120 valence electrons. The summed E-state index contributed by atoms with van der Waals surface area (Å²) < 4.78 is 5.59. The summed E-state index contributed by atoms with van der Waals surface area (Å²) >= 11 is 1.23. The molecule has 0 unspecified atom stereocenters. The zero-order chi connectivity index (χ0) is 16.2. The van der Waals surface area contributed by atoms with Crippen molar-refractivity contribution in [1.29, 1.82) is 0 Å². The van der Waals surface area contributed by atoms with Crippen LogP contribution < -0.4 is 10.1 Å². The Labute approximate surface area is 137 Å². The van der Waals surface area contributed by atoms with Crippen molar-refractivity contribution in [3.05, 3.63) is 45.9 Å². The number of fused-ring (bicyclic) bond motifs is 1. The second-order valence-corrected chi connectivity index (χ2v) is 6.23. The van der Waals surface area contributed by atoms with E-state index in [0.717, 1.165) is 17.7 Å². The highest BCUT2D eigenvalue weighted by Gasteiger charge is 2.23. The third-order valence-electron chi connectivity index (χ3n) is 3.72. The average molecular weight is 332 g/mol. The number of carboxylic acid groups (broad SMARTS) is 1. The Balaban J connectivity index is 1.56. The first-order valence-corrected chi connectivity index (χ1v) is 8.17. The Kier molecular flexibility index (Phi) is 4.57. The van der Waals surface area contributed by atoms with Crippen LogP contribution in [-0.2, 0) is 11.3 Å². The minimum absolute atomic E-state index is 0.0117. The van der Waals surface area contributed by atoms with Gasteiger partial charge in [0.2, 0.25) is 5.91 Å². The van der Waals surface area contributed by atoms with Crippen LogP contribution in [0, 0.1) is 0 Å². The molecule has 2 N–H and O–H groups in total. The number of aromatic nitrogens is 1. The molecule has 0 fully saturated rings. The van der Waals surface area contributed by atoms with Crippen molar-refractivity contribution >= 4 is 23.2 Å². The molecule has 0 aliphatic carbocycles. The molecule has 2 heterocycles. The first-order chi connectivity index (χ1) is 11.1. The van der Waals surface area contributed by atoms with E-state index in [1.165, 1.54) is 16.7 Å². The molecule has 1 aliphatic rings. The maximum atomic E-state index is 12.1. The van der Waals surface area contributed by atoms with Gasteiger partial charge in [-0.1, -0.05) is 18.2 Å². The van der Waals surface area contributed by atoms with E-state index in [1.807, 2.05) is 24.3 Å². The molecule has 3 rings (SSSR count). The number of carboxylic acids is 1. The molecule has 2 aromatic rings. The minimum atomic E-state index is -1.06. The van der Waals surface area contributed by atoms with Crippen LogP contribution in [0.3, 0.4) is 0 Å². The highest BCUT2D eigenvalue weighted by Crippen LogP contribution is 2.35. The normalized spacial score (nSPS) is 16.3.